The molecule has 38 heavy (non-hydrogen) atoms. The summed E-state index contributed by atoms with van der Waals surface area (Å²) in [5.74, 6) is 0.313. The fourth-order valence-electron chi connectivity index (χ4n) is 4.93. The number of benzene rings is 3. The van der Waals surface area contributed by atoms with Crippen LogP contribution < -0.4 is 15.4 Å². The Hall–Kier alpha value is -4.85. The minimum atomic E-state index is -0.648. The second kappa shape index (κ2) is 9.89. The number of carbonyl (C=O) groups excluding carboxylic acids is 3. The lowest BCUT2D eigenvalue weighted by Gasteiger charge is -2.29. The van der Waals surface area contributed by atoms with Crippen LogP contribution in [0.5, 0.6) is 11.5 Å². The second-order valence-electron chi connectivity index (χ2n) is 9.44. The number of ether oxygens (including phenoxy) is 1. The summed E-state index contributed by atoms with van der Waals surface area (Å²) < 4.78 is 8.34. The Bertz CT molecular complexity index is 1510. The SMILES string of the molecule is O=C1CCC(N2Cc3cc(Oc4cn(-c5ccccc5)cc4NCc4ccccc4)ccc3C2=O)C(=O)N1. The molecule has 190 valence electrons. The van der Waals surface area contributed by atoms with Gasteiger partial charge in [0.05, 0.1) is 11.9 Å². The van der Waals surface area contributed by atoms with Gasteiger partial charge in [-0.3, -0.25) is 19.7 Å². The van der Waals surface area contributed by atoms with Crippen molar-refractivity contribution in [3.05, 3.63) is 108 Å². The number of hydrogen-bond donors (Lipinski definition) is 2. The minimum absolute atomic E-state index is 0.207. The summed E-state index contributed by atoms with van der Waals surface area (Å²) >= 11 is 0. The summed E-state index contributed by atoms with van der Waals surface area (Å²) in [6.07, 6.45) is 4.48. The normalized spacial score (nSPS) is 16.8. The van der Waals surface area contributed by atoms with Gasteiger partial charge in [0.1, 0.15) is 11.8 Å². The zero-order valence-corrected chi connectivity index (χ0v) is 20.6. The molecular weight excluding hydrogens is 480 g/mol. The molecule has 3 amide bonds. The summed E-state index contributed by atoms with van der Waals surface area (Å²) in [4.78, 5) is 38.5. The van der Waals surface area contributed by atoms with Crippen molar-refractivity contribution in [1.29, 1.82) is 0 Å². The summed E-state index contributed by atoms with van der Waals surface area (Å²) in [6.45, 7) is 0.928. The van der Waals surface area contributed by atoms with Gasteiger partial charge in [0.2, 0.25) is 11.8 Å². The number of imide groups is 1. The number of carbonyl (C=O) groups is 3. The van der Waals surface area contributed by atoms with E-state index in [0.29, 0.717) is 36.6 Å². The van der Waals surface area contributed by atoms with Crippen molar-refractivity contribution in [1.82, 2.24) is 14.8 Å². The number of aromatic nitrogens is 1. The molecule has 6 rings (SSSR count). The molecule has 0 saturated carbocycles. The Balaban J connectivity index is 1.25. The van der Waals surface area contributed by atoms with Gasteiger partial charge in [-0.25, -0.2) is 0 Å². The van der Waals surface area contributed by atoms with Crippen molar-refractivity contribution in [2.75, 3.05) is 5.32 Å². The van der Waals surface area contributed by atoms with E-state index in [1.54, 1.807) is 12.1 Å². The third-order valence-electron chi connectivity index (χ3n) is 6.89. The van der Waals surface area contributed by atoms with E-state index in [1.807, 2.05) is 71.6 Å². The van der Waals surface area contributed by atoms with Crippen LogP contribution in [0, 0.1) is 0 Å². The van der Waals surface area contributed by atoms with Crippen molar-refractivity contribution in [3.8, 4) is 17.2 Å². The molecule has 2 aliphatic rings. The van der Waals surface area contributed by atoms with Gasteiger partial charge in [0.15, 0.2) is 5.75 Å². The Kier molecular flexibility index (Phi) is 6.13. The highest BCUT2D eigenvalue weighted by Crippen LogP contribution is 2.35. The second-order valence-corrected chi connectivity index (χ2v) is 9.44. The molecule has 3 heterocycles. The van der Waals surface area contributed by atoms with Gasteiger partial charge in [0.25, 0.3) is 5.91 Å². The van der Waals surface area contributed by atoms with E-state index in [0.717, 1.165) is 22.5 Å². The van der Waals surface area contributed by atoms with E-state index in [4.69, 9.17) is 4.74 Å². The standard InChI is InChI=1S/C30H26N4O4/c35-28-14-13-26(29(36)32-28)34-17-21-15-23(11-12-24(21)30(34)37)38-27-19-33(22-9-5-2-6-10-22)18-25(27)31-16-20-7-3-1-4-8-20/h1-12,15,18-19,26,31H,13-14,16-17H2,(H,32,35,36). The third kappa shape index (κ3) is 4.64. The monoisotopic (exact) mass is 506 g/mol. The van der Waals surface area contributed by atoms with Crippen molar-refractivity contribution >= 4 is 23.4 Å². The molecule has 0 bridgehead atoms. The first-order chi connectivity index (χ1) is 18.5. The largest absolute Gasteiger partial charge is 0.454 e. The lowest BCUT2D eigenvalue weighted by molar-refractivity contribution is -0.136. The van der Waals surface area contributed by atoms with E-state index in [1.165, 1.54) is 4.90 Å². The Morgan fingerprint density at radius 2 is 1.68 bits per heavy atom. The van der Waals surface area contributed by atoms with Gasteiger partial charge in [0, 0.05) is 37.0 Å². The molecule has 8 heteroatoms. The highest BCUT2D eigenvalue weighted by atomic mass is 16.5. The van der Waals surface area contributed by atoms with Crippen LogP contribution in [0.25, 0.3) is 5.69 Å². The van der Waals surface area contributed by atoms with Gasteiger partial charge in [-0.1, -0.05) is 48.5 Å². The first kappa shape index (κ1) is 23.5. The quantitative estimate of drug-likeness (QED) is 0.356. The molecule has 3 aromatic carbocycles. The number of rotatable bonds is 7. The first-order valence-electron chi connectivity index (χ1n) is 12.6. The number of hydrogen-bond acceptors (Lipinski definition) is 5. The summed E-state index contributed by atoms with van der Waals surface area (Å²) in [6, 6.07) is 24.8. The number of amides is 3. The van der Waals surface area contributed by atoms with Crippen LogP contribution in [0.2, 0.25) is 0 Å². The van der Waals surface area contributed by atoms with Crippen molar-refractivity contribution in [2.45, 2.75) is 32.0 Å². The zero-order chi connectivity index (χ0) is 26.1. The number of para-hydroxylation sites is 1. The predicted octanol–water partition coefficient (Wildman–Crippen LogP) is 4.64. The van der Waals surface area contributed by atoms with E-state index in [-0.39, 0.29) is 18.2 Å². The van der Waals surface area contributed by atoms with Gasteiger partial charge in [-0.05, 0) is 47.9 Å². The molecule has 0 radical (unpaired) electrons. The molecular formula is C30H26N4O4. The molecule has 2 N–H and O–H groups in total. The van der Waals surface area contributed by atoms with Gasteiger partial charge in [-0.2, -0.15) is 0 Å². The number of nitrogens with zero attached hydrogens (tertiary/aromatic N) is 2. The van der Waals surface area contributed by atoms with Crippen LogP contribution in [0.1, 0.15) is 34.3 Å². The molecule has 0 aliphatic carbocycles. The van der Waals surface area contributed by atoms with Gasteiger partial charge in [-0.15, -0.1) is 0 Å². The van der Waals surface area contributed by atoms with Crippen LogP contribution in [0.3, 0.4) is 0 Å². The van der Waals surface area contributed by atoms with Crippen molar-refractivity contribution in [2.24, 2.45) is 0 Å². The third-order valence-corrected chi connectivity index (χ3v) is 6.89. The topological polar surface area (TPSA) is 92.7 Å². The van der Waals surface area contributed by atoms with E-state index in [9.17, 15) is 14.4 Å². The predicted molar refractivity (Wildman–Crippen MR) is 142 cm³/mol. The molecule has 1 aromatic heterocycles. The first-order valence-corrected chi connectivity index (χ1v) is 12.6. The highest BCUT2D eigenvalue weighted by Gasteiger charge is 2.39. The average Bonchev–Trinajstić information content (AvgIpc) is 3.49. The van der Waals surface area contributed by atoms with E-state index >= 15 is 0 Å². The van der Waals surface area contributed by atoms with Crippen LogP contribution in [0.4, 0.5) is 5.69 Å². The van der Waals surface area contributed by atoms with Crippen molar-refractivity contribution < 1.29 is 19.1 Å². The smallest absolute Gasteiger partial charge is 0.255 e. The molecule has 8 nitrogen and oxygen atoms in total. The molecule has 1 atom stereocenters. The fourth-order valence-corrected chi connectivity index (χ4v) is 4.93. The number of anilines is 1. The Morgan fingerprint density at radius 1 is 0.921 bits per heavy atom. The van der Waals surface area contributed by atoms with Crippen LogP contribution in [0.15, 0.2) is 91.3 Å². The summed E-state index contributed by atoms with van der Waals surface area (Å²) in [7, 11) is 0. The van der Waals surface area contributed by atoms with E-state index in [2.05, 4.69) is 22.8 Å². The molecule has 4 aromatic rings. The number of piperidine rings is 1. The highest BCUT2D eigenvalue weighted by molar-refractivity contribution is 6.05. The number of fused-ring (bicyclic) bond motifs is 1. The van der Waals surface area contributed by atoms with Crippen molar-refractivity contribution in [3.63, 3.8) is 0 Å². The number of nitrogens with one attached hydrogen (secondary N) is 2. The lowest BCUT2D eigenvalue weighted by atomic mass is 10.0. The van der Waals surface area contributed by atoms with Crippen LogP contribution in [-0.2, 0) is 22.7 Å². The van der Waals surface area contributed by atoms with Gasteiger partial charge >= 0.3 is 0 Å². The maximum absolute atomic E-state index is 13.0. The van der Waals surface area contributed by atoms with Gasteiger partial charge < -0.3 is 19.5 Å². The molecule has 1 unspecified atom stereocenters. The Labute approximate surface area is 219 Å². The maximum Gasteiger partial charge on any atom is 0.255 e. The molecule has 2 aliphatic heterocycles. The summed E-state index contributed by atoms with van der Waals surface area (Å²) in [5, 5.41) is 5.82. The molecule has 0 spiro atoms. The fraction of sp³-hybridized carbons (Fsp3) is 0.167. The van der Waals surface area contributed by atoms with E-state index < -0.39 is 11.9 Å². The minimum Gasteiger partial charge on any atom is -0.454 e. The van der Waals surface area contributed by atoms with Crippen LogP contribution in [-0.4, -0.2) is 33.2 Å². The summed E-state index contributed by atoms with van der Waals surface area (Å²) in [5.41, 5.74) is 4.32. The average molecular weight is 507 g/mol. The lowest BCUT2D eigenvalue weighted by Crippen LogP contribution is -2.52. The Morgan fingerprint density at radius 3 is 2.45 bits per heavy atom. The molecule has 1 saturated heterocycles. The maximum atomic E-state index is 13.0. The zero-order valence-electron chi connectivity index (χ0n) is 20.6. The van der Waals surface area contributed by atoms with Crippen LogP contribution >= 0.6 is 0 Å². The molecule has 1 fully saturated rings.